The first-order valence-corrected chi connectivity index (χ1v) is 6.54. The molecule has 0 amide bonds. The highest BCUT2D eigenvalue weighted by atomic mass is 16.4. The van der Waals surface area contributed by atoms with E-state index >= 15 is 0 Å². The van der Waals surface area contributed by atoms with Crippen LogP contribution in [0.5, 0.6) is 0 Å². The van der Waals surface area contributed by atoms with Gasteiger partial charge in [0.25, 0.3) is 0 Å². The van der Waals surface area contributed by atoms with Crippen LogP contribution in [-0.2, 0) is 4.79 Å². The van der Waals surface area contributed by atoms with Gasteiger partial charge in [-0.15, -0.1) is 0 Å². The minimum absolute atomic E-state index is 0.317. The smallest absolute Gasteiger partial charge is 0.320 e. The van der Waals surface area contributed by atoms with Crippen LogP contribution in [0.4, 0.5) is 0 Å². The van der Waals surface area contributed by atoms with Crippen LogP contribution in [0, 0.1) is 5.92 Å². The van der Waals surface area contributed by atoms with Crippen LogP contribution in [-0.4, -0.2) is 73.2 Å². The molecule has 0 aromatic carbocycles. The molecule has 0 radical (unpaired) electrons. The van der Waals surface area contributed by atoms with Gasteiger partial charge in [-0.2, -0.15) is 0 Å². The third kappa shape index (κ3) is 3.94. The topological polar surface area (TPSA) is 55.8 Å². The molecule has 0 aromatic heterocycles. The Hall–Kier alpha value is -0.650. The Morgan fingerprint density at radius 1 is 1.35 bits per heavy atom. The van der Waals surface area contributed by atoms with Crippen molar-refractivity contribution in [1.29, 1.82) is 0 Å². The van der Waals surface area contributed by atoms with Gasteiger partial charge in [-0.25, -0.2) is 0 Å². The van der Waals surface area contributed by atoms with Gasteiger partial charge >= 0.3 is 5.97 Å². The van der Waals surface area contributed by atoms with Crippen LogP contribution in [0.25, 0.3) is 0 Å². The molecule has 1 saturated carbocycles. The number of hydrogen-bond donors (Lipinski definition) is 2. The summed E-state index contributed by atoms with van der Waals surface area (Å²) in [4.78, 5) is 15.8. The average Bonchev–Trinajstić information content (AvgIpc) is 3.10. The van der Waals surface area contributed by atoms with Crippen LogP contribution in [0.15, 0.2) is 0 Å². The van der Waals surface area contributed by atoms with E-state index in [-0.39, 0.29) is 6.04 Å². The number of likely N-dealkylation sites (N-methyl/N-ethyl adjacent to an activating group) is 1. The van der Waals surface area contributed by atoms with Crippen molar-refractivity contribution in [2.24, 2.45) is 5.92 Å². The van der Waals surface area contributed by atoms with E-state index in [1.165, 1.54) is 0 Å². The molecule has 5 nitrogen and oxygen atoms in total. The third-order valence-corrected chi connectivity index (χ3v) is 3.75. The molecule has 1 aliphatic heterocycles. The van der Waals surface area contributed by atoms with Crippen molar-refractivity contribution in [2.75, 3.05) is 46.3 Å². The van der Waals surface area contributed by atoms with Gasteiger partial charge in [0.05, 0.1) is 0 Å². The Morgan fingerprint density at radius 2 is 2.00 bits per heavy atom. The van der Waals surface area contributed by atoms with E-state index in [0.29, 0.717) is 5.92 Å². The summed E-state index contributed by atoms with van der Waals surface area (Å²) in [5.41, 5.74) is 0. The molecule has 17 heavy (non-hydrogen) atoms. The number of piperazine rings is 1. The summed E-state index contributed by atoms with van der Waals surface area (Å²) in [5, 5.41) is 12.3. The van der Waals surface area contributed by atoms with Crippen LogP contribution < -0.4 is 5.32 Å². The van der Waals surface area contributed by atoms with E-state index in [1.54, 1.807) is 0 Å². The number of nitrogens with one attached hydrogen (secondary N) is 1. The first kappa shape index (κ1) is 12.8. The fourth-order valence-electron chi connectivity index (χ4n) is 2.33. The summed E-state index contributed by atoms with van der Waals surface area (Å²) in [7, 11) is 2.14. The van der Waals surface area contributed by atoms with Crippen LogP contribution in [0.2, 0.25) is 0 Å². The van der Waals surface area contributed by atoms with E-state index < -0.39 is 5.97 Å². The van der Waals surface area contributed by atoms with Crippen molar-refractivity contribution in [3.8, 4) is 0 Å². The van der Waals surface area contributed by atoms with E-state index in [4.69, 9.17) is 5.11 Å². The second-order valence-electron chi connectivity index (χ2n) is 5.25. The van der Waals surface area contributed by atoms with Gasteiger partial charge in [0.1, 0.15) is 6.04 Å². The largest absolute Gasteiger partial charge is 0.480 e. The lowest BCUT2D eigenvalue weighted by atomic mass is 10.2. The Balaban J connectivity index is 1.63. The number of rotatable bonds is 6. The van der Waals surface area contributed by atoms with Crippen LogP contribution in [0.3, 0.4) is 0 Å². The van der Waals surface area contributed by atoms with Gasteiger partial charge in [-0.3, -0.25) is 9.69 Å². The first-order valence-electron chi connectivity index (χ1n) is 6.54. The van der Waals surface area contributed by atoms with Crippen molar-refractivity contribution in [1.82, 2.24) is 15.1 Å². The SMILES string of the molecule is CN1CCN(CCNC(C(=O)O)C2CC2)CC1. The van der Waals surface area contributed by atoms with Gasteiger partial charge in [0.2, 0.25) is 0 Å². The van der Waals surface area contributed by atoms with Crippen LogP contribution >= 0.6 is 0 Å². The van der Waals surface area contributed by atoms with Gasteiger partial charge in [-0.05, 0) is 25.8 Å². The molecular formula is C12H23N3O2. The Kier molecular flexibility index (Phi) is 4.36. The first-order chi connectivity index (χ1) is 8.16. The number of nitrogens with zero attached hydrogens (tertiary/aromatic N) is 2. The molecular weight excluding hydrogens is 218 g/mol. The quantitative estimate of drug-likeness (QED) is 0.668. The molecule has 1 saturated heterocycles. The second-order valence-corrected chi connectivity index (χ2v) is 5.25. The van der Waals surface area contributed by atoms with E-state index in [0.717, 1.165) is 52.1 Å². The molecule has 2 N–H and O–H groups in total. The highest BCUT2D eigenvalue weighted by Crippen LogP contribution is 2.32. The summed E-state index contributed by atoms with van der Waals surface area (Å²) in [6.07, 6.45) is 2.14. The third-order valence-electron chi connectivity index (χ3n) is 3.75. The highest BCUT2D eigenvalue weighted by molar-refractivity contribution is 5.74. The molecule has 0 bridgehead atoms. The van der Waals surface area contributed by atoms with Gasteiger partial charge in [-0.1, -0.05) is 0 Å². The zero-order chi connectivity index (χ0) is 12.3. The number of aliphatic carboxylic acids is 1. The Morgan fingerprint density at radius 3 is 2.53 bits per heavy atom. The fourth-order valence-corrected chi connectivity index (χ4v) is 2.33. The molecule has 1 heterocycles. The summed E-state index contributed by atoms with van der Waals surface area (Å²) in [6.45, 7) is 6.18. The predicted molar refractivity (Wildman–Crippen MR) is 66.1 cm³/mol. The number of carbonyl (C=O) groups is 1. The zero-order valence-corrected chi connectivity index (χ0v) is 10.6. The molecule has 1 atom stereocenters. The lowest BCUT2D eigenvalue weighted by Crippen LogP contribution is -2.48. The standard InChI is InChI=1S/C12H23N3O2/c1-14-6-8-15(9-7-14)5-4-13-11(12(16)17)10-2-3-10/h10-11,13H,2-9H2,1H3,(H,16,17). The fraction of sp³-hybridized carbons (Fsp3) is 0.917. The van der Waals surface area contributed by atoms with E-state index in [2.05, 4.69) is 22.2 Å². The maximum Gasteiger partial charge on any atom is 0.320 e. The highest BCUT2D eigenvalue weighted by Gasteiger charge is 2.35. The van der Waals surface area contributed by atoms with Crippen molar-refractivity contribution < 1.29 is 9.90 Å². The van der Waals surface area contributed by atoms with Crippen LogP contribution in [0.1, 0.15) is 12.8 Å². The van der Waals surface area contributed by atoms with Gasteiger partial charge in [0, 0.05) is 39.3 Å². The summed E-state index contributed by atoms with van der Waals surface area (Å²) in [5.74, 6) is -0.314. The Bertz CT molecular complexity index is 260. The van der Waals surface area contributed by atoms with Gasteiger partial charge in [0.15, 0.2) is 0 Å². The number of carboxylic acids is 1. The van der Waals surface area contributed by atoms with Crippen molar-refractivity contribution >= 4 is 5.97 Å². The van der Waals surface area contributed by atoms with Crippen molar-refractivity contribution in [3.05, 3.63) is 0 Å². The molecule has 2 fully saturated rings. The molecule has 0 spiro atoms. The lowest BCUT2D eigenvalue weighted by Gasteiger charge is -2.32. The average molecular weight is 241 g/mol. The van der Waals surface area contributed by atoms with Crippen molar-refractivity contribution in [2.45, 2.75) is 18.9 Å². The number of hydrogen-bond acceptors (Lipinski definition) is 4. The normalized spacial score (nSPS) is 24.8. The second kappa shape index (κ2) is 5.80. The number of carboxylic acid groups (broad SMARTS) is 1. The zero-order valence-electron chi connectivity index (χ0n) is 10.6. The predicted octanol–water partition coefficient (Wildman–Crippen LogP) is -0.313. The monoisotopic (exact) mass is 241 g/mol. The minimum atomic E-state index is -0.689. The molecule has 0 aromatic rings. The maximum atomic E-state index is 11.0. The summed E-state index contributed by atoms with van der Waals surface area (Å²) < 4.78 is 0. The lowest BCUT2D eigenvalue weighted by molar-refractivity contribution is -0.140. The molecule has 5 heteroatoms. The summed E-state index contributed by atoms with van der Waals surface area (Å²) in [6, 6.07) is -0.317. The molecule has 1 unspecified atom stereocenters. The van der Waals surface area contributed by atoms with E-state index in [9.17, 15) is 4.79 Å². The van der Waals surface area contributed by atoms with E-state index in [1.807, 2.05) is 0 Å². The van der Waals surface area contributed by atoms with Gasteiger partial charge < -0.3 is 15.3 Å². The molecule has 1 aliphatic carbocycles. The summed E-state index contributed by atoms with van der Waals surface area (Å²) >= 11 is 0. The molecule has 2 aliphatic rings. The Labute approximate surface area is 103 Å². The minimum Gasteiger partial charge on any atom is -0.480 e. The molecule has 2 rings (SSSR count). The van der Waals surface area contributed by atoms with Crippen molar-refractivity contribution in [3.63, 3.8) is 0 Å². The molecule has 98 valence electrons. The maximum absolute atomic E-state index is 11.0.